The molecule has 4 rings (SSSR count). The van der Waals surface area contributed by atoms with Gasteiger partial charge in [0, 0.05) is 27.5 Å². The van der Waals surface area contributed by atoms with Crippen LogP contribution in [0.1, 0.15) is 5.56 Å². The molecule has 5 heteroatoms. The molecule has 1 heterocycles. The smallest absolute Gasteiger partial charge is 0.162 e. The van der Waals surface area contributed by atoms with Gasteiger partial charge in [-0.1, -0.05) is 53.5 Å². The first-order valence-electron chi connectivity index (χ1n) is 8.20. The summed E-state index contributed by atoms with van der Waals surface area (Å²) >= 11 is 12.2. The minimum Gasteiger partial charge on any atom is -0.365 e. The summed E-state index contributed by atoms with van der Waals surface area (Å²) in [5, 5.41) is 5.68. The summed E-state index contributed by atoms with van der Waals surface area (Å²) in [6, 6.07) is 23.3. The second-order valence-electron chi connectivity index (χ2n) is 5.90. The zero-order valence-electron chi connectivity index (χ0n) is 13.8. The fraction of sp³-hybridized carbons (Fsp3) is 0.0476. The van der Waals surface area contributed by atoms with Crippen LogP contribution in [0, 0.1) is 0 Å². The number of anilines is 1. The molecule has 0 spiro atoms. The van der Waals surface area contributed by atoms with Crippen molar-refractivity contribution in [1.82, 2.24) is 9.97 Å². The molecule has 0 atom stereocenters. The topological polar surface area (TPSA) is 37.8 Å². The lowest BCUT2D eigenvalue weighted by Gasteiger charge is -2.11. The van der Waals surface area contributed by atoms with E-state index in [0.717, 1.165) is 22.3 Å². The van der Waals surface area contributed by atoms with Crippen molar-refractivity contribution in [3.8, 4) is 11.4 Å². The van der Waals surface area contributed by atoms with Gasteiger partial charge in [0.15, 0.2) is 5.82 Å². The number of benzene rings is 3. The molecule has 1 aromatic heterocycles. The molecular formula is C21H15Cl2N3. The highest BCUT2D eigenvalue weighted by atomic mass is 35.5. The van der Waals surface area contributed by atoms with Crippen LogP contribution in [0.4, 0.5) is 5.82 Å². The molecule has 128 valence electrons. The molecule has 0 aliphatic rings. The van der Waals surface area contributed by atoms with Gasteiger partial charge >= 0.3 is 0 Å². The van der Waals surface area contributed by atoms with E-state index in [1.807, 2.05) is 60.7 Å². The fourth-order valence-corrected chi connectivity index (χ4v) is 3.04. The lowest BCUT2D eigenvalue weighted by Crippen LogP contribution is -2.04. The Balaban J connectivity index is 1.77. The highest BCUT2D eigenvalue weighted by Gasteiger charge is 2.10. The molecule has 0 amide bonds. The Bertz CT molecular complexity index is 1050. The van der Waals surface area contributed by atoms with E-state index in [1.54, 1.807) is 0 Å². The van der Waals surface area contributed by atoms with Crippen LogP contribution < -0.4 is 5.32 Å². The van der Waals surface area contributed by atoms with Crippen molar-refractivity contribution in [3.05, 3.63) is 88.4 Å². The summed E-state index contributed by atoms with van der Waals surface area (Å²) in [7, 11) is 0. The molecule has 3 nitrogen and oxygen atoms in total. The van der Waals surface area contributed by atoms with Crippen LogP contribution in [-0.4, -0.2) is 9.97 Å². The molecule has 4 aromatic rings. The Kier molecular flexibility index (Phi) is 4.74. The van der Waals surface area contributed by atoms with Crippen molar-refractivity contribution in [3.63, 3.8) is 0 Å². The number of aromatic nitrogens is 2. The van der Waals surface area contributed by atoms with E-state index in [-0.39, 0.29) is 0 Å². The van der Waals surface area contributed by atoms with Gasteiger partial charge in [0.05, 0.1) is 5.52 Å². The van der Waals surface area contributed by atoms with Gasteiger partial charge in [-0.2, -0.15) is 0 Å². The average Bonchev–Trinajstić information content (AvgIpc) is 2.67. The molecule has 0 aliphatic carbocycles. The normalized spacial score (nSPS) is 10.8. The minimum absolute atomic E-state index is 0.631. The lowest BCUT2D eigenvalue weighted by molar-refractivity contribution is 1.11. The van der Waals surface area contributed by atoms with E-state index in [1.165, 1.54) is 5.56 Å². The summed E-state index contributed by atoms with van der Waals surface area (Å²) in [5.41, 5.74) is 2.88. The first-order chi connectivity index (χ1) is 12.7. The number of halogens is 2. The molecule has 0 bridgehead atoms. The summed E-state index contributed by atoms with van der Waals surface area (Å²) in [4.78, 5) is 9.41. The quantitative estimate of drug-likeness (QED) is 0.457. The monoisotopic (exact) mass is 379 g/mol. The van der Waals surface area contributed by atoms with Crippen molar-refractivity contribution in [1.29, 1.82) is 0 Å². The third-order valence-corrected chi connectivity index (χ3v) is 4.55. The molecule has 0 unspecified atom stereocenters. The summed E-state index contributed by atoms with van der Waals surface area (Å²) in [6.07, 6.45) is 0. The predicted molar refractivity (Wildman–Crippen MR) is 109 cm³/mol. The van der Waals surface area contributed by atoms with Crippen LogP contribution >= 0.6 is 23.2 Å². The SMILES string of the molecule is Clc1ccc(-c2nc(NCc3ccccc3)c3ccc(Cl)cc3n2)cc1. The Morgan fingerprint density at radius 1 is 0.769 bits per heavy atom. The predicted octanol–water partition coefficient (Wildman–Crippen LogP) is 6.22. The maximum Gasteiger partial charge on any atom is 0.162 e. The molecule has 0 radical (unpaired) electrons. The van der Waals surface area contributed by atoms with Crippen LogP contribution in [0.25, 0.3) is 22.3 Å². The number of rotatable bonds is 4. The zero-order valence-corrected chi connectivity index (χ0v) is 15.3. The Morgan fingerprint density at radius 2 is 1.50 bits per heavy atom. The second-order valence-corrected chi connectivity index (χ2v) is 6.78. The highest BCUT2D eigenvalue weighted by molar-refractivity contribution is 6.31. The van der Waals surface area contributed by atoms with Crippen molar-refractivity contribution < 1.29 is 0 Å². The summed E-state index contributed by atoms with van der Waals surface area (Å²) in [6.45, 7) is 0.676. The number of hydrogen-bond acceptors (Lipinski definition) is 3. The Labute approximate surface area is 161 Å². The number of hydrogen-bond donors (Lipinski definition) is 1. The van der Waals surface area contributed by atoms with Crippen LogP contribution in [-0.2, 0) is 6.54 Å². The molecular weight excluding hydrogens is 365 g/mol. The number of nitrogens with one attached hydrogen (secondary N) is 1. The van der Waals surface area contributed by atoms with Gasteiger partial charge in [-0.3, -0.25) is 0 Å². The van der Waals surface area contributed by atoms with E-state index in [4.69, 9.17) is 28.2 Å². The van der Waals surface area contributed by atoms with E-state index >= 15 is 0 Å². The second kappa shape index (κ2) is 7.32. The molecule has 1 N–H and O–H groups in total. The fourth-order valence-electron chi connectivity index (χ4n) is 2.75. The molecule has 0 fully saturated rings. The summed E-state index contributed by atoms with van der Waals surface area (Å²) < 4.78 is 0. The molecule has 3 aromatic carbocycles. The molecule has 0 aliphatic heterocycles. The zero-order chi connectivity index (χ0) is 17.9. The van der Waals surface area contributed by atoms with Gasteiger partial charge in [-0.25, -0.2) is 9.97 Å². The van der Waals surface area contributed by atoms with Gasteiger partial charge in [-0.05, 0) is 48.0 Å². The minimum atomic E-state index is 0.631. The molecule has 0 saturated heterocycles. The first-order valence-corrected chi connectivity index (χ1v) is 8.96. The van der Waals surface area contributed by atoms with Crippen molar-refractivity contribution in [2.45, 2.75) is 6.54 Å². The van der Waals surface area contributed by atoms with Gasteiger partial charge < -0.3 is 5.32 Å². The maximum atomic E-state index is 6.16. The largest absolute Gasteiger partial charge is 0.365 e. The van der Waals surface area contributed by atoms with Crippen molar-refractivity contribution >= 4 is 39.9 Å². The van der Waals surface area contributed by atoms with E-state index in [9.17, 15) is 0 Å². The number of fused-ring (bicyclic) bond motifs is 1. The van der Waals surface area contributed by atoms with Crippen LogP contribution in [0.3, 0.4) is 0 Å². The van der Waals surface area contributed by atoms with Crippen molar-refractivity contribution in [2.24, 2.45) is 0 Å². The molecule has 0 saturated carbocycles. The highest BCUT2D eigenvalue weighted by Crippen LogP contribution is 2.28. The standard InChI is InChI=1S/C21H15Cl2N3/c22-16-8-6-15(7-9-16)20-25-19-12-17(23)10-11-18(19)21(26-20)24-13-14-4-2-1-3-5-14/h1-12H,13H2,(H,24,25,26). The third-order valence-electron chi connectivity index (χ3n) is 4.06. The van der Waals surface area contributed by atoms with Crippen molar-refractivity contribution in [2.75, 3.05) is 5.32 Å². The Hall–Kier alpha value is -2.62. The number of nitrogens with zero attached hydrogens (tertiary/aromatic N) is 2. The van der Waals surface area contributed by atoms with Gasteiger partial charge in [0.2, 0.25) is 0 Å². The van der Waals surface area contributed by atoms with Crippen LogP contribution in [0.2, 0.25) is 10.0 Å². The molecule has 26 heavy (non-hydrogen) atoms. The van der Waals surface area contributed by atoms with E-state index in [0.29, 0.717) is 22.4 Å². The van der Waals surface area contributed by atoms with Crippen LogP contribution in [0.15, 0.2) is 72.8 Å². The Morgan fingerprint density at radius 3 is 2.27 bits per heavy atom. The van der Waals surface area contributed by atoms with E-state index in [2.05, 4.69) is 22.4 Å². The summed E-state index contributed by atoms with van der Waals surface area (Å²) in [5.74, 6) is 1.41. The third kappa shape index (κ3) is 3.64. The van der Waals surface area contributed by atoms with E-state index < -0.39 is 0 Å². The van der Waals surface area contributed by atoms with Gasteiger partial charge in [-0.15, -0.1) is 0 Å². The lowest BCUT2D eigenvalue weighted by atomic mass is 10.1. The van der Waals surface area contributed by atoms with Crippen LogP contribution in [0.5, 0.6) is 0 Å². The van der Waals surface area contributed by atoms with Gasteiger partial charge in [0.25, 0.3) is 0 Å². The first kappa shape index (κ1) is 16.8. The average molecular weight is 380 g/mol. The maximum absolute atomic E-state index is 6.16. The van der Waals surface area contributed by atoms with Gasteiger partial charge in [0.1, 0.15) is 5.82 Å².